The predicted octanol–water partition coefficient (Wildman–Crippen LogP) is 6.10. The summed E-state index contributed by atoms with van der Waals surface area (Å²) >= 11 is 1.55. The Morgan fingerprint density at radius 1 is 1.00 bits per heavy atom. The number of carbonyl (C=O) groups is 1. The minimum Gasteiger partial charge on any atom is -0.294 e. The molecule has 1 aliphatic carbocycles. The zero-order valence-electron chi connectivity index (χ0n) is 17.3. The number of nitrogens with zero attached hydrogens (tertiary/aromatic N) is 3. The van der Waals surface area contributed by atoms with Gasteiger partial charge in [0, 0.05) is 35.4 Å². The topological polar surface area (TPSA) is 47.2 Å². The number of benzene rings is 1. The van der Waals surface area contributed by atoms with E-state index in [1.54, 1.807) is 11.8 Å². The van der Waals surface area contributed by atoms with E-state index in [0.29, 0.717) is 42.5 Å². The molecular weight excluding hydrogens is 487 g/mol. The summed E-state index contributed by atoms with van der Waals surface area (Å²) in [6, 6.07) is 3.18. The van der Waals surface area contributed by atoms with Crippen molar-refractivity contribution in [1.82, 2.24) is 9.78 Å². The van der Waals surface area contributed by atoms with Crippen LogP contribution in [-0.4, -0.2) is 32.3 Å². The third-order valence-corrected chi connectivity index (χ3v) is 7.50. The SMILES string of the molecule is O=C1CCCC2=C1C(c1ccc(F)c(-n3nc(C(F)(F)F)cc3C(F)(F)F)c1)C1SCCC1=N2. The first kappa shape index (κ1) is 23.1. The normalized spacial score (nSPS) is 23.1. The van der Waals surface area contributed by atoms with Crippen molar-refractivity contribution in [2.75, 3.05) is 5.75 Å². The van der Waals surface area contributed by atoms with Gasteiger partial charge in [0.25, 0.3) is 0 Å². The minimum atomic E-state index is -5.21. The smallest absolute Gasteiger partial charge is 0.294 e. The van der Waals surface area contributed by atoms with Crippen LogP contribution in [0.15, 0.2) is 40.5 Å². The van der Waals surface area contributed by atoms with Crippen molar-refractivity contribution < 1.29 is 35.5 Å². The van der Waals surface area contributed by atoms with Crippen molar-refractivity contribution in [2.45, 2.75) is 49.2 Å². The van der Waals surface area contributed by atoms with Crippen molar-refractivity contribution in [1.29, 1.82) is 0 Å². The summed E-state index contributed by atoms with van der Waals surface area (Å²) in [6.07, 6.45) is -8.15. The highest BCUT2D eigenvalue weighted by atomic mass is 32.2. The zero-order valence-corrected chi connectivity index (χ0v) is 18.1. The molecule has 1 aromatic carbocycles. The Balaban J connectivity index is 1.68. The number of hydrogen-bond acceptors (Lipinski definition) is 4. The zero-order chi connectivity index (χ0) is 24.4. The third kappa shape index (κ3) is 3.85. The van der Waals surface area contributed by atoms with Gasteiger partial charge in [0.1, 0.15) is 17.2 Å². The Hall–Kier alpha value is -2.63. The molecule has 2 aromatic rings. The number of aromatic nitrogens is 2. The van der Waals surface area contributed by atoms with Crippen LogP contribution in [0, 0.1) is 5.82 Å². The first-order chi connectivity index (χ1) is 15.9. The first-order valence-corrected chi connectivity index (χ1v) is 11.5. The third-order valence-electron chi connectivity index (χ3n) is 6.15. The maximum Gasteiger partial charge on any atom is 0.435 e. The highest BCUT2D eigenvalue weighted by Gasteiger charge is 2.44. The number of Topliss-reactive ketones (excluding diaryl/α,β-unsaturated/α-hetero) is 1. The second-order valence-corrected chi connectivity index (χ2v) is 9.54. The number of halogens is 7. The van der Waals surface area contributed by atoms with Crippen LogP contribution in [0.5, 0.6) is 0 Å². The molecule has 34 heavy (non-hydrogen) atoms. The minimum absolute atomic E-state index is 0.0563. The quantitative estimate of drug-likeness (QED) is 0.466. The Labute approximate surface area is 192 Å². The average Bonchev–Trinajstić information content (AvgIpc) is 3.40. The molecule has 180 valence electrons. The van der Waals surface area contributed by atoms with Crippen LogP contribution in [-0.2, 0) is 17.1 Å². The number of hydrogen-bond donors (Lipinski definition) is 0. The number of fused-ring (bicyclic) bond motifs is 1. The summed E-state index contributed by atoms with van der Waals surface area (Å²) in [5, 5.41) is 2.81. The van der Waals surface area contributed by atoms with Crippen LogP contribution >= 0.6 is 11.8 Å². The molecule has 2 atom stereocenters. The van der Waals surface area contributed by atoms with Gasteiger partial charge in [-0.1, -0.05) is 6.07 Å². The second kappa shape index (κ2) is 7.96. The van der Waals surface area contributed by atoms with Gasteiger partial charge in [-0.05, 0) is 42.7 Å². The van der Waals surface area contributed by atoms with Gasteiger partial charge in [0.15, 0.2) is 11.5 Å². The molecule has 1 aromatic heterocycles. The number of rotatable bonds is 2. The van der Waals surface area contributed by atoms with E-state index < -0.39 is 41.2 Å². The highest BCUT2D eigenvalue weighted by Crippen LogP contribution is 2.48. The summed E-state index contributed by atoms with van der Waals surface area (Å²) in [6.45, 7) is 0. The molecule has 4 nitrogen and oxygen atoms in total. The summed E-state index contributed by atoms with van der Waals surface area (Å²) < 4.78 is 94.8. The van der Waals surface area contributed by atoms with Crippen LogP contribution in [0.1, 0.15) is 48.6 Å². The molecule has 5 rings (SSSR count). The van der Waals surface area contributed by atoms with Gasteiger partial charge in [0.2, 0.25) is 0 Å². The molecule has 1 fully saturated rings. The Bertz CT molecular complexity index is 1240. The van der Waals surface area contributed by atoms with E-state index in [1.165, 1.54) is 6.07 Å². The second-order valence-electron chi connectivity index (χ2n) is 8.29. The molecular formula is C22H16F7N3OS. The van der Waals surface area contributed by atoms with E-state index in [1.807, 2.05) is 0 Å². The van der Waals surface area contributed by atoms with Crippen molar-refractivity contribution in [2.24, 2.45) is 4.99 Å². The molecule has 0 spiro atoms. The van der Waals surface area contributed by atoms with Gasteiger partial charge in [-0.25, -0.2) is 9.07 Å². The number of aliphatic imine (C=N–C) groups is 1. The number of carbonyl (C=O) groups excluding carboxylic acids is 1. The van der Waals surface area contributed by atoms with Gasteiger partial charge in [-0.2, -0.15) is 43.2 Å². The van der Waals surface area contributed by atoms with E-state index in [0.717, 1.165) is 23.6 Å². The van der Waals surface area contributed by atoms with Gasteiger partial charge < -0.3 is 0 Å². The molecule has 2 aliphatic heterocycles. The summed E-state index contributed by atoms with van der Waals surface area (Å²) in [7, 11) is 0. The van der Waals surface area contributed by atoms with Gasteiger partial charge in [-0.15, -0.1) is 0 Å². The number of allylic oxidation sites excluding steroid dienone is 2. The lowest BCUT2D eigenvalue weighted by Gasteiger charge is -2.33. The molecule has 0 N–H and O–H groups in total. The van der Waals surface area contributed by atoms with Gasteiger partial charge in [-0.3, -0.25) is 9.79 Å². The maximum absolute atomic E-state index is 14.8. The van der Waals surface area contributed by atoms with Crippen molar-refractivity contribution in [3.05, 3.63) is 58.3 Å². The van der Waals surface area contributed by atoms with E-state index in [2.05, 4.69) is 10.1 Å². The first-order valence-electron chi connectivity index (χ1n) is 10.4. The highest BCUT2D eigenvalue weighted by molar-refractivity contribution is 8.01. The van der Waals surface area contributed by atoms with Crippen molar-refractivity contribution in [3.63, 3.8) is 0 Å². The Morgan fingerprint density at radius 2 is 1.76 bits per heavy atom. The summed E-state index contributed by atoms with van der Waals surface area (Å²) in [4.78, 5) is 17.5. The molecule has 1 saturated heterocycles. The van der Waals surface area contributed by atoms with Gasteiger partial charge >= 0.3 is 12.4 Å². The van der Waals surface area contributed by atoms with E-state index in [9.17, 15) is 35.5 Å². The van der Waals surface area contributed by atoms with Crippen molar-refractivity contribution in [3.8, 4) is 5.69 Å². The molecule has 2 unspecified atom stereocenters. The number of alkyl halides is 6. The summed E-state index contributed by atoms with van der Waals surface area (Å²) in [5.41, 5.74) is -2.00. The van der Waals surface area contributed by atoms with Crippen molar-refractivity contribution >= 4 is 23.3 Å². The Kier molecular flexibility index (Phi) is 5.41. The summed E-state index contributed by atoms with van der Waals surface area (Å²) in [5.74, 6) is -1.12. The fourth-order valence-electron chi connectivity index (χ4n) is 4.71. The lowest BCUT2D eigenvalue weighted by atomic mass is 9.77. The van der Waals surface area contributed by atoms with E-state index >= 15 is 0 Å². The average molecular weight is 503 g/mol. The maximum atomic E-state index is 14.8. The fraction of sp³-hybridized carbons (Fsp3) is 0.409. The van der Waals surface area contributed by atoms with Crippen LogP contribution in [0.3, 0.4) is 0 Å². The molecule has 3 heterocycles. The standard InChI is InChI=1S/C22H16F7N3OS/c23-11-5-4-10(8-14(11)32-17(22(27,28)29)9-16(31-32)21(24,25)26)18-19-12(2-1-3-15(19)33)30-13-6-7-34-20(13)18/h4-5,8-9,18,20H,1-3,6-7H2. The largest absolute Gasteiger partial charge is 0.435 e. The molecule has 0 bridgehead atoms. The fourth-order valence-corrected chi connectivity index (χ4v) is 6.14. The molecule has 0 radical (unpaired) electrons. The molecule has 0 saturated carbocycles. The molecule has 0 amide bonds. The monoisotopic (exact) mass is 503 g/mol. The van der Waals surface area contributed by atoms with E-state index in [4.69, 9.17) is 0 Å². The Morgan fingerprint density at radius 3 is 2.47 bits per heavy atom. The molecule has 3 aliphatic rings. The number of thioether (sulfide) groups is 1. The number of ketones is 1. The van der Waals surface area contributed by atoms with Gasteiger partial charge in [0.05, 0.1) is 5.25 Å². The van der Waals surface area contributed by atoms with E-state index in [-0.39, 0.29) is 21.8 Å². The lowest BCUT2D eigenvalue weighted by Crippen LogP contribution is -2.32. The lowest BCUT2D eigenvalue weighted by molar-refractivity contribution is -0.143. The molecule has 12 heteroatoms. The van der Waals surface area contributed by atoms with Crippen LogP contribution in [0.25, 0.3) is 5.69 Å². The predicted molar refractivity (Wildman–Crippen MR) is 110 cm³/mol. The van der Waals surface area contributed by atoms with Crippen LogP contribution in [0.2, 0.25) is 0 Å². The van der Waals surface area contributed by atoms with Crippen LogP contribution in [0.4, 0.5) is 30.7 Å². The van der Waals surface area contributed by atoms with Crippen LogP contribution < -0.4 is 0 Å².